The summed E-state index contributed by atoms with van der Waals surface area (Å²) in [4.78, 5) is 4.32. The zero-order chi connectivity index (χ0) is 13.2. The van der Waals surface area contributed by atoms with Crippen molar-refractivity contribution in [2.75, 3.05) is 0 Å². The molecular formula is C14H20N4. The fraction of sp³-hybridized carbons (Fsp3) is 0.429. The van der Waals surface area contributed by atoms with Crippen molar-refractivity contribution in [3.8, 4) is 0 Å². The first-order valence-electron chi connectivity index (χ1n) is 6.23. The predicted octanol–water partition coefficient (Wildman–Crippen LogP) is 2.28. The maximum atomic E-state index is 6.42. The Morgan fingerprint density at radius 3 is 2.56 bits per heavy atom. The van der Waals surface area contributed by atoms with Crippen molar-refractivity contribution in [2.24, 2.45) is 5.73 Å². The van der Waals surface area contributed by atoms with Crippen LogP contribution in [0, 0.1) is 0 Å². The van der Waals surface area contributed by atoms with E-state index in [-0.39, 0.29) is 0 Å². The Balaban J connectivity index is 2.25. The lowest BCUT2D eigenvalue weighted by Crippen LogP contribution is -2.36. The molecule has 0 saturated heterocycles. The molecule has 1 aromatic carbocycles. The first kappa shape index (κ1) is 12.8. The Kier molecular flexibility index (Phi) is 3.48. The Morgan fingerprint density at radius 1 is 1.28 bits per heavy atom. The van der Waals surface area contributed by atoms with Gasteiger partial charge in [0.1, 0.15) is 12.2 Å². The van der Waals surface area contributed by atoms with Gasteiger partial charge in [-0.1, -0.05) is 30.3 Å². The predicted molar refractivity (Wildman–Crippen MR) is 72.1 cm³/mol. The van der Waals surface area contributed by atoms with Gasteiger partial charge in [0.05, 0.1) is 0 Å². The van der Waals surface area contributed by atoms with Crippen LogP contribution in [0.2, 0.25) is 0 Å². The van der Waals surface area contributed by atoms with Crippen molar-refractivity contribution in [1.82, 2.24) is 14.8 Å². The molecule has 1 atom stereocenters. The summed E-state index contributed by atoms with van der Waals surface area (Å²) in [7, 11) is 0. The molecule has 2 aromatic rings. The maximum Gasteiger partial charge on any atom is 0.138 e. The van der Waals surface area contributed by atoms with Crippen LogP contribution in [0.3, 0.4) is 0 Å². The minimum atomic E-state index is -0.430. The van der Waals surface area contributed by atoms with Gasteiger partial charge < -0.3 is 5.73 Å². The van der Waals surface area contributed by atoms with Crippen LogP contribution in [-0.4, -0.2) is 14.8 Å². The van der Waals surface area contributed by atoms with Crippen LogP contribution < -0.4 is 5.73 Å². The monoisotopic (exact) mass is 244 g/mol. The van der Waals surface area contributed by atoms with Crippen LogP contribution in [0.4, 0.5) is 0 Å². The van der Waals surface area contributed by atoms with E-state index in [1.54, 1.807) is 6.33 Å². The van der Waals surface area contributed by atoms with E-state index in [0.29, 0.717) is 12.5 Å². The van der Waals surface area contributed by atoms with Gasteiger partial charge in [-0.2, -0.15) is 5.10 Å². The summed E-state index contributed by atoms with van der Waals surface area (Å²) >= 11 is 0. The maximum absolute atomic E-state index is 6.42. The van der Waals surface area contributed by atoms with Crippen molar-refractivity contribution >= 4 is 0 Å². The van der Waals surface area contributed by atoms with Crippen molar-refractivity contribution < 1.29 is 0 Å². The van der Waals surface area contributed by atoms with Crippen LogP contribution in [0.1, 0.15) is 38.2 Å². The molecular weight excluding hydrogens is 224 g/mol. The Morgan fingerprint density at radius 2 is 1.94 bits per heavy atom. The first-order chi connectivity index (χ1) is 8.50. The molecule has 0 aliphatic carbocycles. The number of rotatable bonds is 4. The van der Waals surface area contributed by atoms with E-state index in [0.717, 1.165) is 11.4 Å². The summed E-state index contributed by atoms with van der Waals surface area (Å²) in [5.41, 5.74) is 7.10. The van der Waals surface area contributed by atoms with Gasteiger partial charge >= 0.3 is 0 Å². The van der Waals surface area contributed by atoms with Gasteiger partial charge in [0, 0.05) is 18.0 Å². The lowest BCUT2D eigenvalue weighted by Gasteiger charge is -2.25. The highest BCUT2D eigenvalue weighted by Gasteiger charge is 2.24. The molecule has 0 aliphatic rings. The van der Waals surface area contributed by atoms with E-state index in [1.165, 1.54) is 0 Å². The molecule has 0 spiro atoms. The molecule has 1 unspecified atom stereocenters. The fourth-order valence-corrected chi connectivity index (χ4v) is 2.08. The van der Waals surface area contributed by atoms with Gasteiger partial charge in [0.15, 0.2) is 0 Å². The second-order valence-electron chi connectivity index (χ2n) is 5.17. The highest BCUT2D eigenvalue weighted by Crippen LogP contribution is 2.22. The molecule has 0 radical (unpaired) electrons. The normalized spacial score (nSPS) is 14.7. The van der Waals surface area contributed by atoms with E-state index in [9.17, 15) is 0 Å². The first-order valence-corrected chi connectivity index (χ1v) is 6.23. The van der Waals surface area contributed by atoms with Gasteiger partial charge in [0.2, 0.25) is 0 Å². The minimum Gasteiger partial charge on any atom is -0.321 e. The molecule has 18 heavy (non-hydrogen) atoms. The molecule has 96 valence electrons. The quantitative estimate of drug-likeness (QED) is 0.897. The smallest absolute Gasteiger partial charge is 0.138 e. The average molecular weight is 244 g/mol. The molecule has 0 fully saturated rings. The Bertz CT molecular complexity index is 500. The third-order valence-corrected chi connectivity index (χ3v) is 3.09. The lowest BCUT2D eigenvalue weighted by molar-refractivity contribution is 0.433. The summed E-state index contributed by atoms with van der Waals surface area (Å²) in [5.74, 6) is 0.929. The highest BCUT2D eigenvalue weighted by atomic mass is 15.3. The van der Waals surface area contributed by atoms with Gasteiger partial charge in [-0.05, 0) is 26.3 Å². The zero-order valence-electron chi connectivity index (χ0n) is 11.2. The topological polar surface area (TPSA) is 56.7 Å². The van der Waals surface area contributed by atoms with Crippen LogP contribution in [0.25, 0.3) is 0 Å². The number of hydrogen-bond donors (Lipinski definition) is 1. The summed E-state index contributed by atoms with van der Waals surface area (Å²) in [6, 6.07) is 10.4. The highest BCUT2D eigenvalue weighted by molar-refractivity contribution is 5.24. The second-order valence-corrected chi connectivity index (χ2v) is 5.17. The van der Waals surface area contributed by atoms with Crippen molar-refractivity contribution in [3.05, 3.63) is 48.0 Å². The van der Waals surface area contributed by atoms with E-state index in [2.05, 4.69) is 36.1 Å². The molecule has 0 amide bonds. The number of nitrogens with zero attached hydrogens (tertiary/aromatic N) is 3. The van der Waals surface area contributed by atoms with Gasteiger partial charge in [-0.15, -0.1) is 0 Å². The number of benzene rings is 1. The summed E-state index contributed by atoms with van der Waals surface area (Å²) in [5, 5.41) is 4.24. The van der Waals surface area contributed by atoms with E-state index >= 15 is 0 Å². The lowest BCUT2D eigenvalue weighted by atomic mass is 9.89. The molecule has 4 nitrogen and oxygen atoms in total. The molecule has 0 saturated carbocycles. The molecule has 1 heterocycles. The van der Waals surface area contributed by atoms with E-state index in [1.807, 2.05) is 29.8 Å². The zero-order valence-corrected chi connectivity index (χ0v) is 11.2. The molecule has 2 rings (SSSR count). The third kappa shape index (κ3) is 2.59. The Labute approximate surface area is 108 Å². The standard InChI is InChI=1S/C14H20N4/c1-11(2)18-13(16-10-17-18)9-14(3,15)12-7-5-4-6-8-12/h4-8,10-11H,9,15H2,1-3H3. The average Bonchev–Trinajstić information content (AvgIpc) is 2.78. The molecule has 0 bridgehead atoms. The van der Waals surface area contributed by atoms with Crippen molar-refractivity contribution in [2.45, 2.75) is 38.8 Å². The molecule has 4 heteroatoms. The number of aromatic nitrogens is 3. The number of nitrogens with two attached hydrogens (primary N) is 1. The van der Waals surface area contributed by atoms with Crippen LogP contribution in [0.5, 0.6) is 0 Å². The van der Waals surface area contributed by atoms with Gasteiger partial charge in [-0.25, -0.2) is 9.67 Å². The summed E-state index contributed by atoms with van der Waals surface area (Å²) < 4.78 is 1.92. The van der Waals surface area contributed by atoms with Crippen LogP contribution >= 0.6 is 0 Å². The van der Waals surface area contributed by atoms with Gasteiger partial charge in [0.25, 0.3) is 0 Å². The van der Waals surface area contributed by atoms with Crippen LogP contribution in [-0.2, 0) is 12.0 Å². The Hall–Kier alpha value is -1.68. The molecule has 2 N–H and O–H groups in total. The van der Waals surface area contributed by atoms with Crippen LogP contribution in [0.15, 0.2) is 36.7 Å². The minimum absolute atomic E-state index is 0.300. The van der Waals surface area contributed by atoms with E-state index < -0.39 is 5.54 Å². The van der Waals surface area contributed by atoms with Crippen molar-refractivity contribution in [1.29, 1.82) is 0 Å². The summed E-state index contributed by atoms with van der Waals surface area (Å²) in [6.45, 7) is 6.21. The second kappa shape index (κ2) is 4.90. The SMILES string of the molecule is CC(C)n1ncnc1CC(C)(N)c1ccccc1. The molecule has 1 aromatic heterocycles. The van der Waals surface area contributed by atoms with Crippen molar-refractivity contribution in [3.63, 3.8) is 0 Å². The largest absolute Gasteiger partial charge is 0.321 e. The molecule has 0 aliphatic heterocycles. The van der Waals surface area contributed by atoms with E-state index in [4.69, 9.17) is 5.73 Å². The number of hydrogen-bond acceptors (Lipinski definition) is 3. The summed E-state index contributed by atoms with van der Waals surface area (Å²) in [6.07, 6.45) is 2.27. The van der Waals surface area contributed by atoms with Gasteiger partial charge in [-0.3, -0.25) is 0 Å². The third-order valence-electron chi connectivity index (χ3n) is 3.09. The fourth-order valence-electron chi connectivity index (χ4n) is 2.08.